The van der Waals surface area contributed by atoms with Crippen LogP contribution in [0.15, 0.2) is 0 Å². The van der Waals surface area contributed by atoms with Gasteiger partial charge in [0.25, 0.3) is 0 Å². The molecule has 0 atom stereocenters. The maximum Gasteiger partial charge on any atom is 0.208 e. The maximum atomic E-state index is 8.96. The molecule has 0 spiro atoms. The first-order valence-corrected chi connectivity index (χ1v) is 6.67. The molecule has 2 rings (SSSR count). The first-order chi connectivity index (χ1) is 9.11. The van der Waals surface area contributed by atoms with Crippen LogP contribution in [0, 0.1) is 18.3 Å². The highest BCUT2D eigenvalue weighted by Crippen LogP contribution is 2.19. The zero-order valence-electron chi connectivity index (χ0n) is 10.8. The van der Waals surface area contributed by atoms with E-state index in [0.29, 0.717) is 5.56 Å². The van der Waals surface area contributed by atoms with Gasteiger partial charge in [-0.05, 0) is 19.8 Å². The number of nitrogens with one attached hydrogen (secondary N) is 1. The highest BCUT2D eigenvalue weighted by molar-refractivity contribution is 7.15. The van der Waals surface area contributed by atoms with Crippen molar-refractivity contribution in [2.45, 2.75) is 19.8 Å². The summed E-state index contributed by atoms with van der Waals surface area (Å²) in [6.45, 7) is 2.76. The molecule has 2 heterocycles. The van der Waals surface area contributed by atoms with Gasteiger partial charge in [-0.25, -0.2) is 0 Å². The fourth-order valence-corrected chi connectivity index (χ4v) is 2.40. The van der Waals surface area contributed by atoms with Crippen LogP contribution >= 0.6 is 11.3 Å². The maximum absolute atomic E-state index is 8.96. The molecule has 0 aliphatic heterocycles. The Bertz CT molecular complexity index is 594. The van der Waals surface area contributed by atoms with E-state index in [0.717, 1.165) is 35.2 Å². The van der Waals surface area contributed by atoms with Gasteiger partial charge in [-0.3, -0.25) is 5.10 Å². The van der Waals surface area contributed by atoms with Crippen LogP contribution in [0.4, 0.5) is 10.9 Å². The van der Waals surface area contributed by atoms with Crippen LogP contribution < -0.4 is 10.6 Å². The van der Waals surface area contributed by atoms with Crippen molar-refractivity contribution in [3.63, 3.8) is 0 Å². The Morgan fingerprint density at radius 1 is 1.47 bits per heavy atom. The summed E-state index contributed by atoms with van der Waals surface area (Å²) in [4.78, 5) is 2.05. The average Bonchev–Trinajstić information content (AvgIpc) is 2.96. The third-order valence-corrected chi connectivity index (χ3v) is 3.70. The zero-order chi connectivity index (χ0) is 13.8. The number of hydrogen-bond donors (Lipinski definition) is 2. The lowest BCUT2D eigenvalue weighted by atomic mass is 10.1. The van der Waals surface area contributed by atoms with Crippen molar-refractivity contribution in [3.8, 4) is 6.07 Å². The SMILES string of the molecule is Cc1nnc(N(C)CCCc2[nH]nc(N)c2C#N)s1. The molecule has 0 amide bonds. The molecule has 0 aliphatic rings. The van der Waals surface area contributed by atoms with Crippen molar-refractivity contribution >= 4 is 22.3 Å². The quantitative estimate of drug-likeness (QED) is 0.847. The number of hydrogen-bond acceptors (Lipinski definition) is 7. The molecule has 2 aromatic heterocycles. The molecule has 0 unspecified atom stereocenters. The van der Waals surface area contributed by atoms with Crippen molar-refractivity contribution in [1.82, 2.24) is 20.4 Å². The average molecular weight is 277 g/mol. The summed E-state index contributed by atoms with van der Waals surface area (Å²) in [5.41, 5.74) is 6.83. The molecule has 0 aliphatic carbocycles. The lowest BCUT2D eigenvalue weighted by Crippen LogP contribution is -2.19. The molecule has 8 heteroatoms. The first-order valence-electron chi connectivity index (χ1n) is 5.86. The fraction of sp³-hybridized carbons (Fsp3) is 0.455. The van der Waals surface area contributed by atoms with E-state index < -0.39 is 0 Å². The van der Waals surface area contributed by atoms with Gasteiger partial charge >= 0.3 is 0 Å². The van der Waals surface area contributed by atoms with Gasteiger partial charge in [-0.2, -0.15) is 10.4 Å². The molecule has 0 saturated heterocycles. The summed E-state index contributed by atoms with van der Waals surface area (Å²) in [7, 11) is 1.98. The number of nitriles is 1. The van der Waals surface area contributed by atoms with Gasteiger partial charge in [-0.1, -0.05) is 11.3 Å². The van der Waals surface area contributed by atoms with Gasteiger partial charge in [0.05, 0.1) is 5.69 Å². The van der Waals surface area contributed by atoms with E-state index in [-0.39, 0.29) is 5.82 Å². The van der Waals surface area contributed by atoms with Crippen molar-refractivity contribution < 1.29 is 0 Å². The first kappa shape index (κ1) is 13.3. The van der Waals surface area contributed by atoms with Gasteiger partial charge in [0.2, 0.25) is 5.13 Å². The smallest absolute Gasteiger partial charge is 0.208 e. The second-order valence-electron chi connectivity index (χ2n) is 4.20. The largest absolute Gasteiger partial charge is 0.381 e. The van der Waals surface area contributed by atoms with Crippen LogP contribution in [0.2, 0.25) is 0 Å². The van der Waals surface area contributed by atoms with Crippen molar-refractivity contribution in [1.29, 1.82) is 5.26 Å². The topological polar surface area (TPSA) is 108 Å². The van der Waals surface area contributed by atoms with E-state index in [1.165, 1.54) is 0 Å². The van der Waals surface area contributed by atoms with E-state index in [2.05, 4.69) is 31.4 Å². The summed E-state index contributed by atoms with van der Waals surface area (Å²) < 4.78 is 0. The Labute approximate surface area is 115 Å². The molecule has 2 aromatic rings. The minimum Gasteiger partial charge on any atom is -0.381 e. The van der Waals surface area contributed by atoms with Crippen molar-refractivity contribution in [2.75, 3.05) is 24.2 Å². The van der Waals surface area contributed by atoms with E-state index in [1.807, 2.05) is 14.0 Å². The van der Waals surface area contributed by atoms with Crippen LogP contribution in [-0.4, -0.2) is 34.0 Å². The highest BCUT2D eigenvalue weighted by Gasteiger charge is 2.11. The molecular formula is C11H15N7S. The Balaban J connectivity index is 1.88. The predicted molar refractivity (Wildman–Crippen MR) is 74.0 cm³/mol. The molecule has 0 aromatic carbocycles. The molecule has 0 saturated carbocycles. The number of H-pyrrole nitrogens is 1. The number of aromatic amines is 1. The number of rotatable bonds is 5. The lowest BCUT2D eigenvalue weighted by molar-refractivity contribution is 0.760. The van der Waals surface area contributed by atoms with Crippen LogP contribution in [0.25, 0.3) is 0 Å². The normalized spacial score (nSPS) is 10.4. The van der Waals surface area contributed by atoms with Gasteiger partial charge in [-0.15, -0.1) is 10.2 Å². The van der Waals surface area contributed by atoms with Crippen molar-refractivity contribution in [3.05, 3.63) is 16.3 Å². The van der Waals surface area contributed by atoms with Gasteiger partial charge in [0.1, 0.15) is 16.6 Å². The van der Waals surface area contributed by atoms with Crippen LogP contribution in [0.5, 0.6) is 0 Å². The highest BCUT2D eigenvalue weighted by atomic mass is 32.1. The molecule has 3 N–H and O–H groups in total. The Hall–Kier alpha value is -2.14. The molecule has 7 nitrogen and oxygen atoms in total. The monoisotopic (exact) mass is 277 g/mol. The minimum atomic E-state index is 0.269. The standard InChI is InChI=1S/C11H15N7S/c1-7-14-17-11(19-7)18(2)5-3-4-9-8(6-12)10(13)16-15-9/h3-5H2,1-2H3,(H3,13,15,16). The second-order valence-corrected chi connectivity index (χ2v) is 5.36. The number of nitrogens with two attached hydrogens (primary N) is 1. The van der Waals surface area contributed by atoms with Gasteiger partial charge in [0, 0.05) is 13.6 Å². The van der Waals surface area contributed by atoms with E-state index in [9.17, 15) is 0 Å². The number of aryl methyl sites for hydroxylation is 2. The summed E-state index contributed by atoms with van der Waals surface area (Å²) in [5, 5.41) is 25.5. The van der Waals surface area contributed by atoms with E-state index >= 15 is 0 Å². The summed E-state index contributed by atoms with van der Waals surface area (Å²) in [6.07, 6.45) is 1.61. The Kier molecular flexibility index (Phi) is 3.97. The summed E-state index contributed by atoms with van der Waals surface area (Å²) in [6, 6.07) is 2.06. The molecule has 0 bridgehead atoms. The molecule has 0 fully saturated rings. The fourth-order valence-electron chi connectivity index (χ4n) is 1.73. The van der Waals surface area contributed by atoms with Gasteiger partial charge in [0.15, 0.2) is 5.82 Å². The predicted octanol–water partition coefficient (Wildman–Crippen LogP) is 1.09. The molecule has 19 heavy (non-hydrogen) atoms. The lowest BCUT2D eigenvalue weighted by Gasteiger charge is -2.14. The molecular weight excluding hydrogens is 262 g/mol. The van der Waals surface area contributed by atoms with Crippen LogP contribution in [0.1, 0.15) is 22.7 Å². The zero-order valence-corrected chi connectivity index (χ0v) is 11.7. The summed E-state index contributed by atoms with van der Waals surface area (Å²) >= 11 is 1.57. The Morgan fingerprint density at radius 2 is 2.26 bits per heavy atom. The third-order valence-electron chi connectivity index (χ3n) is 2.74. The van der Waals surface area contributed by atoms with E-state index in [1.54, 1.807) is 11.3 Å². The number of nitrogens with zero attached hydrogens (tertiary/aromatic N) is 5. The molecule has 100 valence electrons. The summed E-state index contributed by atoms with van der Waals surface area (Å²) in [5.74, 6) is 0.269. The van der Waals surface area contributed by atoms with E-state index in [4.69, 9.17) is 11.0 Å². The third kappa shape index (κ3) is 3.00. The van der Waals surface area contributed by atoms with Crippen LogP contribution in [0.3, 0.4) is 0 Å². The van der Waals surface area contributed by atoms with Gasteiger partial charge < -0.3 is 10.6 Å². The number of anilines is 2. The molecule has 0 radical (unpaired) electrons. The second kappa shape index (κ2) is 5.67. The number of nitrogen functional groups attached to an aromatic ring is 1. The Morgan fingerprint density at radius 3 is 2.89 bits per heavy atom. The number of aromatic nitrogens is 4. The minimum absolute atomic E-state index is 0.269. The van der Waals surface area contributed by atoms with Crippen LogP contribution in [-0.2, 0) is 6.42 Å². The van der Waals surface area contributed by atoms with Crippen molar-refractivity contribution in [2.24, 2.45) is 0 Å².